The molecule has 0 aromatic rings. The summed E-state index contributed by atoms with van der Waals surface area (Å²) in [4.78, 5) is 24.6. The van der Waals surface area contributed by atoms with E-state index in [-0.39, 0.29) is 38.8 Å². The molecule has 0 spiro atoms. The van der Waals surface area contributed by atoms with Crippen molar-refractivity contribution in [1.29, 1.82) is 0 Å². The minimum absolute atomic E-state index is 0. The summed E-state index contributed by atoms with van der Waals surface area (Å²) in [6.45, 7) is 8.89. The van der Waals surface area contributed by atoms with Crippen LogP contribution in [0.15, 0.2) is 12.2 Å². The molecular weight excluding hydrogens is 374 g/mol. The van der Waals surface area contributed by atoms with Crippen LogP contribution >= 0.6 is 0 Å². The van der Waals surface area contributed by atoms with Gasteiger partial charge in [0.15, 0.2) is 5.78 Å². The average molecular weight is 394 g/mol. The zero-order valence-electron chi connectivity index (χ0n) is 10.4. The van der Waals surface area contributed by atoms with Crippen LogP contribution in [0.3, 0.4) is 0 Å². The van der Waals surface area contributed by atoms with Crippen LogP contribution in [0.2, 0.25) is 0 Å². The van der Waals surface area contributed by atoms with Crippen molar-refractivity contribution < 1.29 is 30.7 Å². The SMILES string of the molecule is C=C(C)C(=O)N(C)C(C)C(=O)CC[CH-]C.[W]. The molecule has 0 bridgehead atoms. The second-order valence-electron chi connectivity index (χ2n) is 3.79. The van der Waals surface area contributed by atoms with Crippen LogP contribution in [0.5, 0.6) is 0 Å². The molecular formula is C12H20NO2W-. The molecule has 0 N–H and O–H groups in total. The molecule has 3 nitrogen and oxygen atoms in total. The molecule has 1 unspecified atom stereocenters. The third kappa shape index (κ3) is 5.60. The zero-order valence-corrected chi connectivity index (χ0v) is 13.4. The van der Waals surface area contributed by atoms with Crippen LogP contribution in [-0.2, 0) is 30.7 Å². The molecule has 0 aromatic carbocycles. The number of hydrogen-bond donors (Lipinski definition) is 0. The van der Waals surface area contributed by atoms with Crippen LogP contribution in [-0.4, -0.2) is 29.7 Å². The van der Waals surface area contributed by atoms with Gasteiger partial charge < -0.3 is 11.3 Å². The number of likely N-dealkylation sites (N-methyl/N-ethyl adjacent to an activating group) is 1. The molecule has 0 aliphatic rings. The fraction of sp³-hybridized carbons (Fsp3) is 0.583. The molecule has 0 aromatic heterocycles. The Morgan fingerprint density at radius 2 is 1.94 bits per heavy atom. The molecule has 0 fully saturated rings. The van der Waals surface area contributed by atoms with Crippen LogP contribution < -0.4 is 0 Å². The van der Waals surface area contributed by atoms with Gasteiger partial charge in [-0.15, -0.1) is 0 Å². The Morgan fingerprint density at radius 3 is 2.31 bits per heavy atom. The van der Waals surface area contributed by atoms with Gasteiger partial charge in [-0.25, -0.2) is 0 Å². The van der Waals surface area contributed by atoms with Gasteiger partial charge in [0.25, 0.3) is 0 Å². The Kier molecular flexibility index (Phi) is 9.75. The van der Waals surface area contributed by atoms with Crippen molar-refractivity contribution in [3.8, 4) is 0 Å². The van der Waals surface area contributed by atoms with E-state index in [4.69, 9.17) is 0 Å². The molecule has 92 valence electrons. The van der Waals surface area contributed by atoms with E-state index < -0.39 is 0 Å². The Balaban J connectivity index is 0. The van der Waals surface area contributed by atoms with Crippen LogP contribution in [0.4, 0.5) is 0 Å². The van der Waals surface area contributed by atoms with E-state index in [1.807, 2.05) is 13.3 Å². The maximum absolute atomic E-state index is 11.6. The Hall–Kier alpha value is -0.432. The summed E-state index contributed by atoms with van der Waals surface area (Å²) in [6, 6.07) is -0.367. The quantitative estimate of drug-likeness (QED) is 0.511. The maximum atomic E-state index is 11.6. The Morgan fingerprint density at radius 1 is 1.44 bits per heavy atom. The second kappa shape index (κ2) is 8.69. The third-order valence-electron chi connectivity index (χ3n) is 2.41. The smallest absolute Gasteiger partial charge is 0.249 e. The van der Waals surface area contributed by atoms with Gasteiger partial charge in [-0.1, -0.05) is 6.58 Å². The standard InChI is InChI=1S/C12H20NO2.W/c1-6-7-8-11(14)10(4)13(5)12(15)9(2)3;/h6,10H,2,7-8H2,1,3-5H3;/q-1;. The van der Waals surface area contributed by atoms with E-state index in [0.717, 1.165) is 6.42 Å². The first-order chi connectivity index (χ1) is 6.91. The molecule has 0 saturated heterocycles. The minimum Gasteiger partial charge on any atom is -0.332 e. The molecule has 0 aliphatic heterocycles. The van der Waals surface area contributed by atoms with Gasteiger partial charge in [0, 0.05) is 33.7 Å². The molecule has 0 saturated carbocycles. The normalized spacial score (nSPS) is 11.2. The fourth-order valence-corrected chi connectivity index (χ4v) is 1.19. The largest absolute Gasteiger partial charge is 0.332 e. The van der Waals surface area contributed by atoms with E-state index in [0.29, 0.717) is 12.0 Å². The van der Waals surface area contributed by atoms with Crippen molar-refractivity contribution in [1.82, 2.24) is 4.90 Å². The van der Waals surface area contributed by atoms with Crippen molar-refractivity contribution in [2.75, 3.05) is 7.05 Å². The van der Waals surface area contributed by atoms with Gasteiger partial charge in [0.1, 0.15) is 0 Å². The average Bonchev–Trinajstić information content (AvgIpc) is 2.22. The van der Waals surface area contributed by atoms with Gasteiger partial charge in [-0.2, -0.15) is 13.3 Å². The fourth-order valence-electron chi connectivity index (χ4n) is 1.19. The summed E-state index contributed by atoms with van der Waals surface area (Å²) in [5.41, 5.74) is 0.458. The van der Waals surface area contributed by atoms with Crippen LogP contribution in [0.1, 0.15) is 33.6 Å². The van der Waals surface area contributed by atoms with Crippen molar-refractivity contribution in [3.63, 3.8) is 0 Å². The number of hydrogen-bond acceptors (Lipinski definition) is 2. The summed E-state index contributed by atoms with van der Waals surface area (Å²) in [7, 11) is 1.63. The van der Waals surface area contributed by atoms with Crippen molar-refractivity contribution in [3.05, 3.63) is 18.6 Å². The van der Waals surface area contributed by atoms with Gasteiger partial charge >= 0.3 is 0 Å². The number of Topliss-reactive ketones (excluding diaryl/α,β-unsaturated/α-hetero) is 1. The van der Waals surface area contributed by atoms with E-state index in [2.05, 4.69) is 6.58 Å². The first-order valence-electron chi connectivity index (χ1n) is 5.15. The monoisotopic (exact) mass is 394 g/mol. The molecule has 0 rings (SSSR count). The zero-order chi connectivity index (χ0) is 12.0. The predicted octanol–water partition coefficient (Wildman–Crippen LogP) is 1.98. The summed E-state index contributed by atoms with van der Waals surface area (Å²) < 4.78 is 0. The first-order valence-corrected chi connectivity index (χ1v) is 5.15. The minimum atomic E-state index is -0.367. The topological polar surface area (TPSA) is 37.4 Å². The number of unbranched alkanes of at least 4 members (excludes halogenated alkanes) is 1. The molecule has 0 radical (unpaired) electrons. The number of ketones is 1. The predicted molar refractivity (Wildman–Crippen MR) is 61.3 cm³/mol. The Bertz CT molecular complexity index is 264. The van der Waals surface area contributed by atoms with Gasteiger partial charge in [-0.05, 0) is 20.3 Å². The van der Waals surface area contributed by atoms with Crippen LogP contribution in [0.25, 0.3) is 0 Å². The van der Waals surface area contributed by atoms with Crippen molar-refractivity contribution >= 4 is 11.7 Å². The summed E-state index contributed by atoms with van der Waals surface area (Å²) in [6.07, 6.45) is 3.20. The van der Waals surface area contributed by atoms with E-state index in [1.54, 1.807) is 20.9 Å². The molecule has 0 heterocycles. The maximum Gasteiger partial charge on any atom is 0.249 e. The van der Waals surface area contributed by atoms with E-state index in [1.165, 1.54) is 4.90 Å². The number of rotatable bonds is 6. The second-order valence-corrected chi connectivity index (χ2v) is 3.79. The van der Waals surface area contributed by atoms with Gasteiger partial charge in [0.2, 0.25) is 5.91 Å². The summed E-state index contributed by atoms with van der Waals surface area (Å²) in [5, 5.41) is 0. The van der Waals surface area contributed by atoms with Gasteiger partial charge in [0.05, 0.1) is 6.04 Å². The van der Waals surface area contributed by atoms with Gasteiger partial charge in [-0.3, -0.25) is 9.59 Å². The first kappa shape index (κ1) is 17.9. The Labute approximate surface area is 113 Å². The number of carbonyl (C=O) groups is 2. The molecule has 0 aliphatic carbocycles. The molecule has 1 amide bonds. The van der Waals surface area contributed by atoms with Crippen molar-refractivity contribution in [2.24, 2.45) is 0 Å². The summed E-state index contributed by atoms with van der Waals surface area (Å²) >= 11 is 0. The third-order valence-corrected chi connectivity index (χ3v) is 2.41. The van der Waals surface area contributed by atoms with Crippen LogP contribution in [0, 0.1) is 6.42 Å². The molecule has 4 heteroatoms. The van der Waals surface area contributed by atoms with Crippen molar-refractivity contribution in [2.45, 2.75) is 39.7 Å². The van der Waals surface area contributed by atoms with E-state index in [9.17, 15) is 9.59 Å². The molecule has 16 heavy (non-hydrogen) atoms. The molecule has 1 atom stereocenters. The van der Waals surface area contributed by atoms with E-state index >= 15 is 0 Å². The number of amides is 1. The number of nitrogens with zero attached hydrogens (tertiary/aromatic N) is 1. The number of carbonyl (C=O) groups excluding carboxylic acids is 2. The summed E-state index contributed by atoms with van der Waals surface area (Å²) in [5.74, 6) is -0.0819.